The smallest absolute Gasteiger partial charge is 0.0589 e. The molecule has 0 saturated carbocycles. The van der Waals surface area contributed by atoms with Crippen molar-refractivity contribution in [1.82, 2.24) is 10.3 Å². The second-order valence-corrected chi connectivity index (χ2v) is 4.20. The molecule has 0 radical (unpaired) electrons. The Kier molecular flexibility index (Phi) is 3.36. The van der Waals surface area contributed by atoms with Gasteiger partial charge in [0.2, 0.25) is 0 Å². The number of hydrogen-bond acceptors (Lipinski definition) is 3. The molecule has 1 aliphatic heterocycles. The molecule has 1 unspecified atom stereocenters. The molecule has 3 nitrogen and oxygen atoms in total. The summed E-state index contributed by atoms with van der Waals surface area (Å²) in [5.74, 6) is 0. The minimum Gasteiger partial charge on any atom is -0.323 e. The molecular weight excluding hydrogens is 210 g/mol. The van der Waals surface area contributed by atoms with Crippen molar-refractivity contribution in [2.24, 2.45) is 5.73 Å². The Bertz CT molecular complexity index is 359. The highest BCUT2D eigenvalue weighted by atomic mass is 35.5. The quantitative estimate of drug-likeness (QED) is 0.740. The summed E-state index contributed by atoms with van der Waals surface area (Å²) in [4.78, 5) is 4.26. The zero-order valence-electron chi connectivity index (χ0n) is 8.41. The van der Waals surface area contributed by atoms with Crippen molar-refractivity contribution in [2.75, 3.05) is 13.1 Å². The van der Waals surface area contributed by atoms with Gasteiger partial charge in [0.05, 0.1) is 5.02 Å². The van der Waals surface area contributed by atoms with E-state index < -0.39 is 0 Å². The van der Waals surface area contributed by atoms with Gasteiger partial charge in [0.1, 0.15) is 0 Å². The van der Waals surface area contributed by atoms with E-state index in [1.165, 1.54) is 5.57 Å². The fraction of sp³-hybridized carbons (Fsp3) is 0.364. The Balaban J connectivity index is 2.05. The van der Waals surface area contributed by atoms with E-state index in [1.54, 1.807) is 6.20 Å². The van der Waals surface area contributed by atoms with E-state index in [9.17, 15) is 0 Å². The van der Waals surface area contributed by atoms with Gasteiger partial charge in [0, 0.05) is 37.4 Å². The highest BCUT2D eigenvalue weighted by molar-refractivity contribution is 6.30. The molecule has 80 valence electrons. The van der Waals surface area contributed by atoms with Gasteiger partial charge >= 0.3 is 0 Å². The number of halogens is 1. The van der Waals surface area contributed by atoms with Gasteiger partial charge < -0.3 is 11.1 Å². The molecule has 4 heteroatoms. The Labute approximate surface area is 94.3 Å². The first-order valence-electron chi connectivity index (χ1n) is 5.00. The van der Waals surface area contributed by atoms with E-state index in [1.807, 2.05) is 12.1 Å². The molecule has 0 spiro atoms. The summed E-state index contributed by atoms with van der Waals surface area (Å²) in [5.41, 5.74) is 8.15. The van der Waals surface area contributed by atoms with Crippen LogP contribution in [0.25, 0.3) is 0 Å². The van der Waals surface area contributed by atoms with Gasteiger partial charge in [0.25, 0.3) is 0 Å². The van der Waals surface area contributed by atoms with Crippen molar-refractivity contribution < 1.29 is 0 Å². The van der Waals surface area contributed by atoms with Crippen LogP contribution in [-0.2, 0) is 6.42 Å². The number of nitrogens with zero attached hydrogens (tertiary/aromatic N) is 1. The summed E-state index contributed by atoms with van der Waals surface area (Å²) in [6.45, 7) is 1.76. The summed E-state index contributed by atoms with van der Waals surface area (Å²) in [6, 6.07) is 3.94. The summed E-state index contributed by atoms with van der Waals surface area (Å²) in [6.07, 6.45) is 4.64. The van der Waals surface area contributed by atoms with E-state index in [-0.39, 0.29) is 6.04 Å². The van der Waals surface area contributed by atoms with Gasteiger partial charge in [-0.2, -0.15) is 0 Å². The van der Waals surface area contributed by atoms with Crippen LogP contribution in [0.1, 0.15) is 5.69 Å². The van der Waals surface area contributed by atoms with E-state index in [0.29, 0.717) is 5.02 Å². The molecule has 1 aromatic heterocycles. The highest BCUT2D eigenvalue weighted by Crippen LogP contribution is 2.11. The SMILES string of the molecule is NC1C=C(Cc2ccc(Cl)cn2)CNC1. The molecule has 0 amide bonds. The zero-order chi connectivity index (χ0) is 10.7. The van der Waals surface area contributed by atoms with E-state index >= 15 is 0 Å². The van der Waals surface area contributed by atoms with E-state index in [4.69, 9.17) is 17.3 Å². The van der Waals surface area contributed by atoms with Crippen LogP contribution in [0, 0.1) is 0 Å². The normalized spacial score (nSPS) is 21.2. The molecule has 2 heterocycles. The molecule has 0 aliphatic carbocycles. The zero-order valence-corrected chi connectivity index (χ0v) is 9.17. The average molecular weight is 224 g/mol. The fourth-order valence-corrected chi connectivity index (χ4v) is 1.80. The maximum atomic E-state index is 5.82. The maximum absolute atomic E-state index is 5.82. The second kappa shape index (κ2) is 4.75. The monoisotopic (exact) mass is 223 g/mol. The average Bonchev–Trinajstić information content (AvgIpc) is 2.22. The number of hydrogen-bond donors (Lipinski definition) is 2. The highest BCUT2D eigenvalue weighted by Gasteiger charge is 2.09. The first-order chi connectivity index (χ1) is 7.24. The van der Waals surface area contributed by atoms with Gasteiger partial charge in [-0.05, 0) is 12.1 Å². The first-order valence-corrected chi connectivity index (χ1v) is 5.38. The molecule has 1 aromatic rings. The topological polar surface area (TPSA) is 50.9 Å². The molecule has 0 bridgehead atoms. The predicted molar refractivity (Wildman–Crippen MR) is 61.9 cm³/mol. The molecule has 0 aromatic carbocycles. The van der Waals surface area contributed by atoms with Crippen molar-refractivity contribution >= 4 is 11.6 Å². The number of rotatable bonds is 2. The van der Waals surface area contributed by atoms with Gasteiger partial charge in [-0.1, -0.05) is 23.3 Å². The number of nitrogens with one attached hydrogen (secondary N) is 1. The third-order valence-corrected chi connectivity index (χ3v) is 2.60. The van der Waals surface area contributed by atoms with Crippen LogP contribution in [-0.4, -0.2) is 24.1 Å². The van der Waals surface area contributed by atoms with Crippen molar-refractivity contribution in [1.29, 1.82) is 0 Å². The van der Waals surface area contributed by atoms with Crippen LogP contribution >= 0.6 is 11.6 Å². The minimum atomic E-state index is 0.126. The van der Waals surface area contributed by atoms with Crippen LogP contribution in [0.2, 0.25) is 5.02 Å². The van der Waals surface area contributed by atoms with Gasteiger partial charge in [-0.3, -0.25) is 4.98 Å². The third kappa shape index (κ3) is 3.02. The first kappa shape index (κ1) is 10.6. The Morgan fingerprint density at radius 3 is 3.07 bits per heavy atom. The van der Waals surface area contributed by atoms with Crippen LogP contribution in [0.15, 0.2) is 30.0 Å². The van der Waals surface area contributed by atoms with Crippen molar-refractivity contribution in [3.8, 4) is 0 Å². The molecule has 2 rings (SSSR count). The minimum absolute atomic E-state index is 0.126. The number of pyridine rings is 1. The Morgan fingerprint density at radius 1 is 1.53 bits per heavy atom. The lowest BCUT2D eigenvalue weighted by atomic mass is 10.0. The van der Waals surface area contributed by atoms with Gasteiger partial charge in [-0.15, -0.1) is 0 Å². The summed E-state index contributed by atoms with van der Waals surface area (Å²) < 4.78 is 0. The van der Waals surface area contributed by atoms with Crippen LogP contribution in [0.3, 0.4) is 0 Å². The molecule has 0 saturated heterocycles. The Morgan fingerprint density at radius 2 is 2.40 bits per heavy atom. The summed E-state index contributed by atoms with van der Waals surface area (Å²) in [7, 11) is 0. The van der Waals surface area contributed by atoms with Crippen molar-refractivity contribution in [3.05, 3.63) is 40.7 Å². The van der Waals surface area contributed by atoms with Gasteiger partial charge in [-0.25, -0.2) is 0 Å². The molecular formula is C11H14ClN3. The summed E-state index contributed by atoms with van der Waals surface area (Å²) >= 11 is 5.77. The Hall–Kier alpha value is -0.900. The largest absolute Gasteiger partial charge is 0.323 e. The fourth-order valence-electron chi connectivity index (χ4n) is 1.69. The third-order valence-electron chi connectivity index (χ3n) is 2.38. The lowest BCUT2D eigenvalue weighted by Crippen LogP contribution is -2.38. The van der Waals surface area contributed by atoms with Crippen molar-refractivity contribution in [2.45, 2.75) is 12.5 Å². The van der Waals surface area contributed by atoms with E-state index in [2.05, 4.69) is 16.4 Å². The summed E-state index contributed by atoms with van der Waals surface area (Å²) in [5, 5.41) is 3.94. The predicted octanol–water partition coefficient (Wildman–Crippen LogP) is 1.13. The van der Waals surface area contributed by atoms with Crippen LogP contribution in [0.4, 0.5) is 0 Å². The molecule has 0 fully saturated rings. The standard InChI is InChI=1S/C11H14ClN3/c12-9-1-2-11(15-6-9)4-8-3-10(13)7-14-5-8/h1-3,6,10,14H,4-5,7,13H2. The van der Waals surface area contributed by atoms with E-state index in [0.717, 1.165) is 25.2 Å². The number of aromatic nitrogens is 1. The maximum Gasteiger partial charge on any atom is 0.0589 e. The lowest BCUT2D eigenvalue weighted by molar-refractivity contribution is 0.626. The molecule has 15 heavy (non-hydrogen) atoms. The molecule has 3 N–H and O–H groups in total. The molecule has 1 aliphatic rings. The molecule has 1 atom stereocenters. The number of nitrogens with two attached hydrogens (primary N) is 1. The van der Waals surface area contributed by atoms with Crippen LogP contribution in [0.5, 0.6) is 0 Å². The van der Waals surface area contributed by atoms with Crippen LogP contribution < -0.4 is 11.1 Å². The lowest BCUT2D eigenvalue weighted by Gasteiger charge is -2.18. The van der Waals surface area contributed by atoms with Gasteiger partial charge in [0.15, 0.2) is 0 Å². The second-order valence-electron chi connectivity index (χ2n) is 3.76. The van der Waals surface area contributed by atoms with Crippen molar-refractivity contribution in [3.63, 3.8) is 0 Å².